The Morgan fingerprint density at radius 3 is 2.60 bits per heavy atom. The molecule has 86 valence electrons. The van der Waals surface area contributed by atoms with Crippen molar-refractivity contribution in [2.75, 3.05) is 11.9 Å². The molecule has 0 radical (unpaired) electrons. The number of halogens is 1. The molecule has 0 aliphatic carbocycles. The van der Waals surface area contributed by atoms with Gasteiger partial charge in [-0.1, -0.05) is 27.7 Å². The second-order valence-electron chi connectivity index (χ2n) is 4.56. The fourth-order valence-corrected chi connectivity index (χ4v) is 1.78. The smallest absolute Gasteiger partial charge is 0.202 e. The maximum absolute atomic E-state index is 6.01. The van der Waals surface area contributed by atoms with Crippen LogP contribution in [0.4, 0.5) is 5.13 Å². The summed E-state index contributed by atoms with van der Waals surface area (Å²) < 4.78 is 4.32. The number of alkyl halides is 1. The first-order valence-electron chi connectivity index (χ1n) is 5.15. The first-order chi connectivity index (χ1) is 6.93. The lowest BCUT2D eigenvalue weighted by atomic mass is 9.96. The van der Waals surface area contributed by atoms with Crippen molar-refractivity contribution in [3.63, 3.8) is 0 Å². The van der Waals surface area contributed by atoms with Crippen molar-refractivity contribution in [1.82, 2.24) is 9.36 Å². The number of aromatic nitrogens is 2. The van der Waals surface area contributed by atoms with E-state index in [1.165, 1.54) is 11.5 Å². The first kappa shape index (κ1) is 12.7. The summed E-state index contributed by atoms with van der Waals surface area (Å²) in [5.41, 5.74) is 0.0154. The third-order valence-electron chi connectivity index (χ3n) is 2.01. The van der Waals surface area contributed by atoms with Gasteiger partial charge in [0.1, 0.15) is 5.82 Å². The second kappa shape index (κ2) is 5.12. The quantitative estimate of drug-likeness (QED) is 0.830. The van der Waals surface area contributed by atoms with Crippen molar-refractivity contribution in [3.05, 3.63) is 5.82 Å². The zero-order valence-corrected chi connectivity index (χ0v) is 11.2. The third kappa shape index (κ3) is 3.95. The van der Waals surface area contributed by atoms with E-state index in [9.17, 15) is 0 Å². The van der Waals surface area contributed by atoms with Crippen LogP contribution in [0, 0.1) is 0 Å². The molecule has 1 unspecified atom stereocenters. The molecule has 0 aliphatic rings. The van der Waals surface area contributed by atoms with Gasteiger partial charge in [0, 0.05) is 23.5 Å². The van der Waals surface area contributed by atoms with Crippen molar-refractivity contribution in [1.29, 1.82) is 0 Å². The van der Waals surface area contributed by atoms with Gasteiger partial charge in [-0.3, -0.25) is 0 Å². The summed E-state index contributed by atoms with van der Waals surface area (Å²) in [4.78, 5) is 4.43. The van der Waals surface area contributed by atoms with Gasteiger partial charge in [-0.2, -0.15) is 4.37 Å². The van der Waals surface area contributed by atoms with Crippen LogP contribution in [0.25, 0.3) is 0 Å². The Labute approximate surface area is 100 Å². The van der Waals surface area contributed by atoms with Gasteiger partial charge < -0.3 is 5.32 Å². The molecule has 0 bridgehead atoms. The SMILES string of the molecule is CCC(Cl)CNc1nc(C(C)(C)C)ns1. The minimum absolute atomic E-state index is 0.0154. The van der Waals surface area contributed by atoms with Gasteiger partial charge in [-0.05, 0) is 6.42 Å². The van der Waals surface area contributed by atoms with Crippen LogP contribution >= 0.6 is 23.1 Å². The van der Waals surface area contributed by atoms with Crippen LogP contribution in [0.5, 0.6) is 0 Å². The lowest BCUT2D eigenvalue weighted by Gasteiger charge is -2.12. The minimum atomic E-state index is 0.0154. The average Bonchev–Trinajstić information content (AvgIpc) is 2.61. The molecule has 0 saturated heterocycles. The van der Waals surface area contributed by atoms with Crippen molar-refractivity contribution in [2.24, 2.45) is 0 Å². The van der Waals surface area contributed by atoms with Crippen molar-refractivity contribution >= 4 is 28.3 Å². The molecule has 15 heavy (non-hydrogen) atoms. The molecule has 0 aromatic carbocycles. The third-order valence-corrected chi connectivity index (χ3v) is 3.15. The molecular weight excluding hydrogens is 230 g/mol. The van der Waals surface area contributed by atoms with Gasteiger partial charge in [-0.15, -0.1) is 11.6 Å². The predicted octanol–water partition coefficient (Wildman–Crippen LogP) is 3.26. The van der Waals surface area contributed by atoms with Gasteiger partial charge in [-0.25, -0.2) is 4.98 Å². The van der Waals surface area contributed by atoms with E-state index in [1.807, 2.05) is 0 Å². The number of rotatable bonds is 4. The zero-order chi connectivity index (χ0) is 11.5. The standard InChI is InChI=1S/C10H18ClN3S/c1-5-7(11)6-12-9-13-8(14-15-9)10(2,3)4/h7H,5-6H2,1-4H3,(H,12,13,14). The molecule has 3 nitrogen and oxygen atoms in total. The van der Waals surface area contributed by atoms with E-state index in [4.69, 9.17) is 11.6 Å². The summed E-state index contributed by atoms with van der Waals surface area (Å²) in [5.74, 6) is 0.887. The molecule has 1 N–H and O–H groups in total. The van der Waals surface area contributed by atoms with E-state index in [-0.39, 0.29) is 10.8 Å². The summed E-state index contributed by atoms with van der Waals surface area (Å²) in [7, 11) is 0. The topological polar surface area (TPSA) is 37.8 Å². The predicted molar refractivity (Wildman–Crippen MR) is 67.0 cm³/mol. The van der Waals surface area contributed by atoms with E-state index in [2.05, 4.69) is 42.4 Å². The van der Waals surface area contributed by atoms with Gasteiger partial charge in [0.05, 0.1) is 5.38 Å². The van der Waals surface area contributed by atoms with Gasteiger partial charge in [0.2, 0.25) is 5.13 Å². The molecule has 1 heterocycles. The fourth-order valence-electron chi connectivity index (χ4n) is 0.942. The highest BCUT2D eigenvalue weighted by Crippen LogP contribution is 2.22. The lowest BCUT2D eigenvalue weighted by Crippen LogP contribution is -2.15. The van der Waals surface area contributed by atoms with Crippen molar-refractivity contribution in [2.45, 2.75) is 44.9 Å². The molecule has 1 atom stereocenters. The summed E-state index contributed by atoms with van der Waals surface area (Å²) in [6.07, 6.45) is 0.958. The van der Waals surface area contributed by atoms with E-state index in [1.54, 1.807) is 0 Å². The first-order valence-corrected chi connectivity index (χ1v) is 6.36. The Balaban J connectivity index is 2.54. The molecule has 1 aromatic heterocycles. The van der Waals surface area contributed by atoms with Crippen LogP contribution in [0.15, 0.2) is 0 Å². The molecule has 5 heteroatoms. The van der Waals surface area contributed by atoms with Crippen molar-refractivity contribution in [3.8, 4) is 0 Å². The highest BCUT2D eigenvalue weighted by Gasteiger charge is 2.19. The van der Waals surface area contributed by atoms with Crippen LogP contribution in [0.1, 0.15) is 39.9 Å². The van der Waals surface area contributed by atoms with Crippen LogP contribution in [-0.4, -0.2) is 21.3 Å². The second-order valence-corrected chi connectivity index (χ2v) is 5.93. The van der Waals surface area contributed by atoms with Crippen LogP contribution in [-0.2, 0) is 5.41 Å². The van der Waals surface area contributed by atoms with Gasteiger partial charge >= 0.3 is 0 Å². The summed E-state index contributed by atoms with van der Waals surface area (Å²) >= 11 is 7.40. The Morgan fingerprint density at radius 1 is 1.47 bits per heavy atom. The highest BCUT2D eigenvalue weighted by molar-refractivity contribution is 7.09. The number of hydrogen-bond donors (Lipinski definition) is 1. The lowest BCUT2D eigenvalue weighted by molar-refractivity contribution is 0.555. The summed E-state index contributed by atoms with van der Waals surface area (Å²) in [6, 6.07) is 0. The van der Waals surface area contributed by atoms with Crippen molar-refractivity contribution < 1.29 is 0 Å². The average molecular weight is 248 g/mol. The molecule has 0 spiro atoms. The Bertz CT molecular complexity index is 306. The van der Waals surface area contributed by atoms with Gasteiger partial charge in [0.15, 0.2) is 0 Å². The monoisotopic (exact) mass is 247 g/mol. The largest absolute Gasteiger partial charge is 0.359 e. The number of anilines is 1. The zero-order valence-electron chi connectivity index (χ0n) is 9.67. The number of nitrogens with zero attached hydrogens (tertiary/aromatic N) is 2. The number of nitrogens with one attached hydrogen (secondary N) is 1. The Hall–Kier alpha value is -0.350. The normalized spacial score (nSPS) is 13.9. The van der Waals surface area contributed by atoms with E-state index in [0.717, 1.165) is 23.9 Å². The molecule has 1 aromatic rings. The Kier molecular flexibility index (Phi) is 4.34. The number of hydrogen-bond acceptors (Lipinski definition) is 4. The van der Waals surface area contributed by atoms with Crippen LogP contribution < -0.4 is 5.32 Å². The molecule has 0 aliphatic heterocycles. The minimum Gasteiger partial charge on any atom is -0.359 e. The molecule has 1 rings (SSSR count). The summed E-state index contributed by atoms with van der Waals surface area (Å²) in [5, 5.41) is 4.22. The Morgan fingerprint density at radius 2 is 2.13 bits per heavy atom. The molecule has 0 saturated carbocycles. The molecular formula is C10H18ClN3S. The molecule has 0 fully saturated rings. The highest BCUT2D eigenvalue weighted by atomic mass is 35.5. The van der Waals surface area contributed by atoms with E-state index < -0.39 is 0 Å². The van der Waals surface area contributed by atoms with Crippen LogP contribution in [0.3, 0.4) is 0 Å². The molecule has 0 amide bonds. The van der Waals surface area contributed by atoms with Gasteiger partial charge in [0.25, 0.3) is 0 Å². The fraction of sp³-hybridized carbons (Fsp3) is 0.800. The van der Waals surface area contributed by atoms with E-state index in [0.29, 0.717) is 0 Å². The van der Waals surface area contributed by atoms with E-state index >= 15 is 0 Å². The summed E-state index contributed by atoms with van der Waals surface area (Å²) in [6.45, 7) is 9.14. The maximum Gasteiger partial charge on any atom is 0.202 e. The van der Waals surface area contributed by atoms with Crippen LogP contribution in [0.2, 0.25) is 0 Å². The maximum atomic E-state index is 6.01.